The molecule has 0 aliphatic heterocycles. The standard InChI is InChI=1S/C14H13NOS/c1-11-3-2-4-13(15-11)10-17-14-7-5-12(9-16)6-8-14/h2-9H,10H2,1H3. The van der Waals surface area contributed by atoms with Gasteiger partial charge in [0, 0.05) is 21.9 Å². The Morgan fingerprint density at radius 1 is 1.18 bits per heavy atom. The first-order valence-corrected chi connectivity index (χ1v) is 6.37. The van der Waals surface area contributed by atoms with Crippen molar-refractivity contribution in [2.24, 2.45) is 0 Å². The Balaban J connectivity index is 1.99. The van der Waals surface area contributed by atoms with Gasteiger partial charge in [-0.1, -0.05) is 18.2 Å². The summed E-state index contributed by atoms with van der Waals surface area (Å²) in [7, 11) is 0. The first kappa shape index (κ1) is 11.9. The van der Waals surface area contributed by atoms with E-state index in [1.807, 2.05) is 49.4 Å². The number of hydrogen-bond donors (Lipinski definition) is 0. The lowest BCUT2D eigenvalue weighted by atomic mass is 10.2. The Hall–Kier alpha value is -1.61. The lowest BCUT2D eigenvalue weighted by Crippen LogP contribution is -1.88. The first-order chi connectivity index (χ1) is 8.28. The van der Waals surface area contributed by atoms with Crippen molar-refractivity contribution in [2.75, 3.05) is 0 Å². The summed E-state index contributed by atoms with van der Waals surface area (Å²) < 4.78 is 0. The van der Waals surface area contributed by atoms with E-state index in [-0.39, 0.29) is 0 Å². The van der Waals surface area contributed by atoms with Gasteiger partial charge in [0.05, 0.1) is 5.69 Å². The van der Waals surface area contributed by atoms with Gasteiger partial charge in [-0.2, -0.15) is 0 Å². The van der Waals surface area contributed by atoms with Crippen LogP contribution < -0.4 is 0 Å². The summed E-state index contributed by atoms with van der Waals surface area (Å²) in [6.07, 6.45) is 0.858. The molecule has 1 aromatic carbocycles. The molecule has 2 nitrogen and oxygen atoms in total. The van der Waals surface area contributed by atoms with Gasteiger partial charge < -0.3 is 0 Å². The van der Waals surface area contributed by atoms with E-state index in [1.165, 1.54) is 0 Å². The van der Waals surface area contributed by atoms with Gasteiger partial charge in [-0.3, -0.25) is 9.78 Å². The van der Waals surface area contributed by atoms with Crippen molar-refractivity contribution in [3.05, 3.63) is 59.4 Å². The monoisotopic (exact) mass is 243 g/mol. The Morgan fingerprint density at radius 3 is 2.59 bits per heavy atom. The van der Waals surface area contributed by atoms with E-state index >= 15 is 0 Å². The zero-order valence-electron chi connectivity index (χ0n) is 9.59. The Labute approximate surface area is 105 Å². The molecule has 0 fully saturated rings. The molecule has 17 heavy (non-hydrogen) atoms. The molecule has 0 aliphatic carbocycles. The van der Waals surface area contributed by atoms with Crippen LogP contribution in [0.5, 0.6) is 0 Å². The first-order valence-electron chi connectivity index (χ1n) is 5.38. The van der Waals surface area contributed by atoms with Crippen molar-refractivity contribution in [2.45, 2.75) is 17.6 Å². The van der Waals surface area contributed by atoms with Gasteiger partial charge in [0.25, 0.3) is 0 Å². The van der Waals surface area contributed by atoms with Crippen molar-refractivity contribution in [1.82, 2.24) is 4.98 Å². The van der Waals surface area contributed by atoms with E-state index in [0.29, 0.717) is 5.56 Å². The van der Waals surface area contributed by atoms with Crippen LogP contribution in [0.25, 0.3) is 0 Å². The fourth-order valence-electron chi connectivity index (χ4n) is 1.48. The predicted molar refractivity (Wildman–Crippen MR) is 70.4 cm³/mol. The summed E-state index contributed by atoms with van der Waals surface area (Å²) in [6.45, 7) is 1.99. The van der Waals surface area contributed by atoms with Crippen LogP contribution in [0.1, 0.15) is 21.7 Å². The van der Waals surface area contributed by atoms with Gasteiger partial charge >= 0.3 is 0 Å². The van der Waals surface area contributed by atoms with E-state index < -0.39 is 0 Å². The van der Waals surface area contributed by atoms with Gasteiger partial charge in [-0.25, -0.2) is 0 Å². The van der Waals surface area contributed by atoms with Gasteiger partial charge in [-0.15, -0.1) is 11.8 Å². The van der Waals surface area contributed by atoms with E-state index in [0.717, 1.165) is 28.3 Å². The zero-order valence-corrected chi connectivity index (χ0v) is 10.4. The maximum absolute atomic E-state index is 10.5. The van der Waals surface area contributed by atoms with Crippen molar-refractivity contribution < 1.29 is 4.79 Å². The van der Waals surface area contributed by atoms with Crippen LogP contribution in [0.3, 0.4) is 0 Å². The number of thioether (sulfide) groups is 1. The van der Waals surface area contributed by atoms with E-state index in [1.54, 1.807) is 11.8 Å². The molecule has 2 aromatic rings. The molecule has 1 heterocycles. The van der Waals surface area contributed by atoms with E-state index in [4.69, 9.17) is 0 Å². The van der Waals surface area contributed by atoms with Gasteiger partial charge in [0.15, 0.2) is 0 Å². The molecule has 0 amide bonds. The molecule has 2 rings (SSSR count). The maximum Gasteiger partial charge on any atom is 0.150 e. The average Bonchev–Trinajstić information content (AvgIpc) is 2.37. The molecule has 0 spiro atoms. The number of carbonyl (C=O) groups excluding carboxylic acids is 1. The number of aryl methyl sites for hydroxylation is 1. The molecular formula is C14H13NOS. The minimum atomic E-state index is 0.711. The minimum absolute atomic E-state index is 0.711. The summed E-state index contributed by atoms with van der Waals surface area (Å²) in [5, 5.41) is 0. The second kappa shape index (κ2) is 5.64. The van der Waals surface area contributed by atoms with Crippen LogP contribution in [-0.2, 0) is 5.75 Å². The Bertz CT molecular complexity index is 508. The molecule has 3 heteroatoms. The second-order valence-electron chi connectivity index (χ2n) is 3.75. The smallest absolute Gasteiger partial charge is 0.150 e. The molecule has 0 N–H and O–H groups in total. The fraction of sp³-hybridized carbons (Fsp3) is 0.143. The van der Waals surface area contributed by atoms with Crippen molar-refractivity contribution in [1.29, 1.82) is 0 Å². The second-order valence-corrected chi connectivity index (χ2v) is 4.79. The van der Waals surface area contributed by atoms with Crippen molar-refractivity contribution >= 4 is 18.0 Å². The summed E-state index contributed by atoms with van der Waals surface area (Å²) >= 11 is 1.72. The largest absolute Gasteiger partial charge is 0.298 e. The number of aromatic nitrogens is 1. The van der Waals surface area contributed by atoms with Gasteiger partial charge in [0.1, 0.15) is 6.29 Å². The van der Waals surface area contributed by atoms with Gasteiger partial charge in [-0.05, 0) is 31.2 Å². The highest BCUT2D eigenvalue weighted by atomic mass is 32.2. The summed E-state index contributed by atoms with van der Waals surface area (Å²) in [4.78, 5) is 16.1. The number of pyridine rings is 1. The van der Waals surface area contributed by atoms with Crippen LogP contribution in [-0.4, -0.2) is 11.3 Å². The molecule has 0 radical (unpaired) electrons. The maximum atomic E-state index is 10.5. The molecule has 0 saturated heterocycles. The third-order valence-corrected chi connectivity index (χ3v) is 3.39. The zero-order chi connectivity index (χ0) is 12.1. The quantitative estimate of drug-likeness (QED) is 0.608. The molecule has 86 valence electrons. The lowest BCUT2D eigenvalue weighted by Gasteiger charge is -2.02. The van der Waals surface area contributed by atoms with Crippen LogP contribution in [0.4, 0.5) is 0 Å². The van der Waals surface area contributed by atoms with Crippen LogP contribution >= 0.6 is 11.8 Å². The predicted octanol–water partition coefficient (Wildman–Crippen LogP) is 3.49. The number of nitrogens with zero attached hydrogens (tertiary/aromatic N) is 1. The van der Waals surface area contributed by atoms with Gasteiger partial charge in [0.2, 0.25) is 0 Å². The molecule has 0 aliphatic rings. The Morgan fingerprint density at radius 2 is 1.94 bits per heavy atom. The molecule has 1 aromatic heterocycles. The molecule has 0 saturated carbocycles. The van der Waals surface area contributed by atoms with Crippen molar-refractivity contribution in [3.8, 4) is 0 Å². The van der Waals surface area contributed by atoms with E-state index in [2.05, 4.69) is 4.98 Å². The molecule has 0 atom stereocenters. The van der Waals surface area contributed by atoms with Crippen LogP contribution in [0, 0.1) is 6.92 Å². The highest BCUT2D eigenvalue weighted by Gasteiger charge is 1.98. The third kappa shape index (κ3) is 3.43. The van der Waals surface area contributed by atoms with E-state index in [9.17, 15) is 4.79 Å². The summed E-state index contributed by atoms with van der Waals surface area (Å²) in [5.74, 6) is 0.849. The molecular weight excluding hydrogens is 230 g/mol. The highest BCUT2D eigenvalue weighted by molar-refractivity contribution is 7.98. The number of rotatable bonds is 4. The Kier molecular flexibility index (Phi) is 3.94. The number of aldehydes is 1. The number of carbonyl (C=O) groups is 1. The number of hydrogen-bond acceptors (Lipinski definition) is 3. The molecule has 0 bridgehead atoms. The van der Waals surface area contributed by atoms with Crippen molar-refractivity contribution in [3.63, 3.8) is 0 Å². The van der Waals surface area contributed by atoms with Crippen LogP contribution in [0.2, 0.25) is 0 Å². The summed E-state index contributed by atoms with van der Waals surface area (Å²) in [5.41, 5.74) is 2.83. The summed E-state index contributed by atoms with van der Waals surface area (Å²) in [6, 6.07) is 13.6. The average molecular weight is 243 g/mol. The minimum Gasteiger partial charge on any atom is -0.298 e. The third-order valence-electron chi connectivity index (χ3n) is 2.35. The fourth-order valence-corrected chi connectivity index (χ4v) is 2.28. The lowest BCUT2D eigenvalue weighted by molar-refractivity contribution is 0.112. The van der Waals surface area contributed by atoms with Crippen LogP contribution in [0.15, 0.2) is 47.4 Å². The normalized spacial score (nSPS) is 10.2. The topological polar surface area (TPSA) is 30.0 Å². The SMILES string of the molecule is Cc1cccc(CSc2ccc(C=O)cc2)n1. The number of benzene rings is 1. The molecule has 0 unspecified atom stereocenters. The highest BCUT2D eigenvalue weighted by Crippen LogP contribution is 2.22.